The SMILES string of the molecule is NC(C1CC1)C1(O)CC2CCC(C1)S2(=O)=O. The van der Waals surface area contributed by atoms with Crippen molar-refractivity contribution in [2.45, 2.75) is 60.7 Å². The summed E-state index contributed by atoms with van der Waals surface area (Å²) in [5.41, 5.74) is 5.17. The van der Waals surface area contributed by atoms with Crippen LogP contribution in [0.4, 0.5) is 0 Å². The molecule has 0 spiro atoms. The van der Waals surface area contributed by atoms with Crippen LogP contribution in [0.2, 0.25) is 0 Å². The fraction of sp³-hybridized carbons (Fsp3) is 1.00. The van der Waals surface area contributed by atoms with E-state index in [1.807, 2.05) is 0 Å². The summed E-state index contributed by atoms with van der Waals surface area (Å²) in [6.07, 6.45) is 4.34. The molecule has 0 aromatic carbocycles. The van der Waals surface area contributed by atoms with Gasteiger partial charge in [-0.1, -0.05) is 0 Å². The maximum atomic E-state index is 11.9. The Kier molecular flexibility index (Phi) is 2.20. The van der Waals surface area contributed by atoms with Gasteiger partial charge in [-0.3, -0.25) is 0 Å². The first-order chi connectivity index (χ1) is 7.43. The van der Waals surface area contributed by atoms with Crippen LogP contribution in [-0.4, -0.2) is 35.7 Å². The first-order valence-corrected chi connectivity index (χ1v) is 7.75. The van der Waals surface area contributed by atoms with Gasteiger partial charge in [-0.05, 0) is 44.4 Å². The minimum atomic E-state index is -2.95. The van der Waals surface area contributed by atoms with Crippen LogP contribution >= 0.6 is 0 Å². The molecule has 3 N–H and O–H groups in total. The molecule has 4 nitrogen and oxygen atoms in total. The fourth-order valence-electron chi connectivity index (χ4n) is 3.45. The summed E-state index contributed by atoms with van der Waals surface area (Å²) >= 11 is 0. The van der Waals surface area contributed by atoms with Gasteiger partial charge in [0.2, 0.25) is 0 Å². The van der Waals surface area contributed by atoms with E-state index in [1.165, 1.54) is 0 Å². The second kappa shape index (κ2) is 3.21. The van der Waals surface area contributed by atoms with Crippen molar-refractivity contribution < 1.29 is 13.5 Å². The van der Waals surface area contributed by atoms with Crippen molar-refractivity contribution in [1.29, 1.82) is 0 Å². The zero-order valence-corrected chi connectivity index (χ0v) is 10.1. The van der Waals surface area contributed by atoms with E-state index in [0.29, 0.717) is 31.6 Å². The molecule has 1 aliphatic carbocycles. The Morgan fingerprint density at radius 2 is 1.62 bits per heavy atom. The molecule has 0 aromatic heterocycles. The Balaban J connectivity index is 1.86. The van der Waals surface area contributed by atoms with E-state index >= 15 is 0 Å². The summed E-state index contributed by atoms with van der Waals surface area (Å²) in [7, 11) is -2.95. The molecule has 3 rings (SSSR count). The molecule has 2 bridgehead atoms. The van der Waals surface area contributed by atoms with Crippen molar-refractivity contribution in [3.63, 3.8) is 0 Å². The monoisotopic (exact) mass is 245 g/mol. The van der Waals surface area contributed by atoms with Gasteiger partial charge >= 0.3 is 0 Å². The molecular formula is C11H19NO3S. The van der Waals surface area contributed by atoms with Crippen molar-refractivity contribution in [3.05, 3.63) is 0 Å². The normalized spacial score (nSPS) is 47.9. The predicted molar refractivity (Wildman–Crippen MR) is 60.6 cm³/mol. The summed E-state index contributed by atoms with van der Waals surface area (Å²) in [6, 6.07) is -0.217. The van der Waals surface area contributed by atoms with Gasteiger partial charge in [-0.2, -0.15) is 0 Å². The van der Waals surface area contributed by atoms with Crippen molar-refractivity contribution in [2.75, 3.05) is 0 Å². The minimum absolute atomic E-state index is 0.217. The highest BCUT2D eigenvalue weighted by Crippen LogP contribution is 2.48. The number of hydrogen-bond donors (Lipinski definition) is 2. The molecule has 3 aliphatic rings. The molecule has 3 fully saturated rings. The Morgan fingerprint density at radius 1 is 1.12 bits per heavy atom. The lowest BCUT2D eigenvalue weighted by Crippen LogP contribution is -2.56. The van der Waals surface area contributed by atoms with E-state index in [2.05, 4.69) is 0 Å². The second-order valence-electron chi connectivity index (χ2n) is 5.79. The third-order valence-corrected chi connectivity index (χ3v) is 7.32. The van der Waals surface area contributed by atoms with Crippen LogP contribution in [-0.2, 0) is 9.84 Å². The van der Waals surface area contributed by atoms with Crippen LogP contribution < -0.4 is 5.73 Å². The van der Waals surface area contributed by atoms with Crippen molar-refractivity contribution in [3.8, 4) is 0 Å². The van der Waals surface area contributed by atoms with Crippen LogP contribution in [0.25, 0.3) is 0 Å². The van der Waals surface area contributed by atoms with Crippen molar-refractivity contribution >= 4 is 9.84 Å². The molecule has 16 heavy (non-hydrogen) atoms. The van der Waals surface area contributed by atoms with E-state index in [9.17, 15) is 13.5 Å². The molecule has 92 valence electrons. The lowest BCUT2D eigenvalue weighted by Gasteiger charge is -2.40. The van der Waals surface area contributed by atoms with Gasteiger partial charge < -0.3 is 10.8 Å². The summed E-state index contributed by atoms with van der Waals surface area (Å²) < 4.78 is 23.8. The molecule has 2 aliphatic heterocycles. The summed E-state index contributed by atoms with van der Waals surface area (Å²) in [5, 5.41) is 9.91. The smallest absolute Gasteiger partial charge is 0.156 e. The first kappa shape index (κ1) is 11.0. The van der Waals surface area contributed by atoms with E-state index in [0.717, 1.165) is 12.8 Å². The largest absolute Gasteiger partial charge is 0.388 e. The molecule has 3 unspecified atom stereocenters. The zero-order chi connectivity index (χ0) is 11.6. The van der Waals surface area contributed by atoms with Crippen LogP contribution in [0.1, 0.15) is 38.5 Å². The number of hydrogen-bond acceptors (Lipinski definition) is 4. The lowest BCUT2D eigenvalue weighted by molar-refractivity contribution is -0.00967. The zero-order valence-electron chi connectivity index (χ0n) is 9.30. The predicted octanol–water partition coefficient (Wildman–Crippen LogP) is 0.194. The van der Waals surface area contributed by atoms with Gasteiger partial charge in [-0.15, -0.1) is 0 Å². The first-order valence-electron chi connectivity index (χ1n) is 6.14. The van der Waals surface area contributed by atoms with Crippen LogP contribution in [0.3, 0.4) is 0 Å². The molecule has 3 atom stereocenters. The highest BCUT2D eigenvalue weighted by atomic mass is 32.2. The number of nitrogens with two attached hydrogens (primary N) is 1. The average molecular weight is 245 g/mol. The Morgan fingerprint density at radius 3 is 2.06 bits per heavy atom. The van der Waals surface area contributed by atoms with E-state index in [1.54, 1.807) is 0 Å². The van der Waals surface area contributed by atoms with Gasteiger partial charge in [0.05, 0.1) is 16.1 Å². The number of aliphatic hydroxyl groups is 1. The fourth-order valence-corrected chi connectivity index (χ4v) is 5.96. The topological polar surface area (TPSA) is 80.4 Å². The third-order valence-electron chi connectivity index (χ3n) is 4.65. The van der Waals surface area contributed by atoms with Crippen molar-refractivity contribution in [2.24, 2.45) is 11.7 Å². The minimum Gasteiger partial charge on any atom is -0.388 e. The highest BCUT2D eigenvalue weighted by molar-refractivity contribution is 7.93. The molecule has 0 amide bonds. The number of rotatable bonds is 2. The summed E-state index contributed by atoms with van der Waals surface area (Å²) in [6.45, 7) is 0. The maximum absolute atomic E-state index is 11.9. The van der Waals surface area contributed by atoms with E-state index in [4.69, 9.17) is 5.73 Å². The Bertz CT molecular complexity index is 381. The van der Waals surface area contributed by atoms with Gasteiger partial charge in [0, 0.05) is 6.04 Å². The van der Waals surface area contributed by atoms with Gasteiger partial charge in [0.15, 0.2) is 9.84 Å². The third kappa shape index (κ3) is 1.45. The van der Waals surface area contributed by atoms with Crippen LogP contribution in [0.5, 0.6) is 0 Å². The lowest BCUT2D eigenvalue weighted by atomic mass is 9.84. The Labute approximate surface area is 96.1 Å². The molecule has 1 saturated carbocycles. The van der Waals surface area contributed by atoms with E-state index < -0.39 is 15.4 Å². The van der Waals surface area contributed by atoms with Crippen LogP contribution in [0, 0.1) is 5.92 Å². The number of fused-ring (bicyclic) bond motifs is 2. The van der Waals surface area contributed by atoms with Gasteiger partial charge in [0.1, 0.15) is 0 Å². The molecule has 5 heteroatoms. The molecule has 0 aromatic rings. The van der Waals surface area contributed by atoms with Gasteiger partial charge in [-0.25, -0.2) is 8.42 Å². The molecule has 0 radical (unpaired) electrons. The Hall–Kier alpha value is -0.130. The highest BCUT2D eigenvalue weighted by Gasteiger charge is 2.56. The standard InChI is InChI=1S/C11H19NO3S/c12-10(7-1-2-7)11(13)5-8-3-4-9(6-11)16(8,14)15/h7-10,13H,1-6,12H2. The molecular weight excluding hydrogens is 226 g/mol. The van der Waals surface area contributed by atoms with Crippen LogP contribution in [0.15, 0.2) is 0 Å². The average Bonchev–Trinajstić information content (AvgIpc) is 2.98. The number of sulfone groups is 1. The second-order valence-corrected chi connectivity index (χ2v) is 8.30. The van der Waals surface area contributed by atoms with Crippen molar-refractivity contribution in [1.82, 2.24) is 0 Å². The summed E-state index contributed by atoms with van der Waals surface area (Å²) in [5.74, 6) is 0.421. The maximum Gasteiger partial charge on any atom is 0.156 e. The van der Waals surface area contributed by atoms with Gasteiger partial charge in [0.25, 0.3) is 0 Å². The molecule has 2 heterocycles. The summed E-state index contributed by atoms with van der Waals surface area (Å²) in [4.78, 5) is 0. The molecule has 2 saturated heterocycles. The quantitative estimate of drug-likeness (QED) is 0.728. The van der Waals surface area contributed by atoms with E-state index in [-0.39, 0.29) is 16.5 Å².